The van der Waals surface area contributed by atoms with Gasteiger partial charge < -0.3 is 0 Å². The molecular formula is C7H10O. The Morgan fingerprint density at radius 3 is 2.38 bits per heavy atom. The number of rotatable bonds is 1. The van der Waals surface area contributed by atoms with Gasteiger partial charge in [0.15, 0.2) is 0 Å². The normalized spacial score (nSPS) is 37.4. The van der Waals surface area contributed by atoms with Crippen molar-refractivity contribution in [3.05, 3.63) is 0 Å². The Morgan fingerprint density at radius 1 is 1.62 bits per heavy atom. The number of hydrogen-bond acceptors (Lipinski definition) is 1. The number of hydrogen-bond donors (Lipinski definition) is 0. The molecule has 1 atom stereocenters. The first kappa shape index (κ1) is 4.54. The van der Waals surface area contributed by atoms with Gasteiger partial charge in [-0.15, -0.1) is 0 Å². The summed E-state index contributed by atoms with van der Waals surface area (Å²) < 4.78 is 0. The van der Waals surface area contributed by atoms with E-state index >= 15 is 0 Å². The van der Waals surface area contributed by atoms with Crippen LogP contribution in [-0.4, -0.2) is 5.78 Å². The van der Waals surface area contributed by atoms with Crippen LogP contribution in [-0.2, 0) is 4.79 Å². The zero-order valence-electron chi connectivity index (χ0n) is 5.11. The quantitative estimate of drug-likeness (QED) is 0.498. The number of ketones is 1. The van der Waals surface area contributed by atoms with Crippen LogP contribution < -0.4 is 0 Å². The van der Waals surface area contributed by atoms with E-state index in [0.29, 0.717) is 17.1 Å². The van der Waals surface area contributed by atoms with Crippen molar-refractivity contribution in [2.75, 3.05) is 0 Å². The molecule has 44 valence electrons. The van der Waals surface area contributed by atoms with Gasteiger partial charge in [0.25, 0.3) is 0 Å². The van der Waals surface area contributed by atoms with Crippen molar-refractivity contribution in [1.82, 2.24) is 0 Å². The molecule has 0 unspecified atom stereocenters. The van der Waals surface area contributed by atoms with Crippen molar-refractivity contribution in [2.24, 2.45) is 11.3 Å². The Hall–Kier alpha value is -0.330. The summed E-state index contributed by atoms with van der Waals surface area (Å²) in [6.07, 6.45) is 3.87. The third-order valence-corrected chi connectivity index (χ3v) is 2.57. The Labute approximate surface area is 49.1 Å². The lowest BCUT2D eigenvalue weighted by molar-refractivity contribution is -0.118. The van der Waals surface area contributed by atoms with Gasteiger partial charge in [-0.2, -0.15) is 0 Å². The van der Waals surface area contributed by atoms with Crippen molar-refractivity contribution in [2.45, 2.75) is 26.2 Å². The highest BCUT2D eigenvalue weighted by Crippen LogP contribution is 2.70. The van der Waals surface area contributed by atoms with Crippen LogP contribution in [0.5, 0.6) is 0 Å². The van der Waals surface area contributed by atoms with Gasteiger partial charge in [0, 0.05) is 5.92 Å². The average molecular weight is 110 g/mol. The van der Waals surface area contributed by atoms with Crippen molar-refractivity contribution >= 4 is 5.78 Å². The van der Waals surface area contributed by atoms with Crippen molar-refractivity contribution < 1.29 is 4.79 Å². The van der Waals surface area contributed by atoms with E-state index in [4.69, 9.17) is 0 Å². The van der Waals surface area contributed by atoms with Gasteiger partial charge in [0.2, 0.25) is 0 Å². The van der Waals surface area contributed by atoms with Crippen LogP contribution >= 0.6 is 0 Å². The summed E-state index contributed by atoms with van der Waals surface area (Å²) in [4.78, 5) is 10.7. The summed E-state index contributed by atoms with van der Waals surface area (Å²) in [6.45, 7) is 1.72. The minimum Gasteiger partial charge on any atom is -0.300 e. The van der Waals surface area contributed by atoms with Crippen LogP contribution in [0, 0.1) is 11.3 Å². The van der Waals surface area contributed by atoms with Crippen LogP contribution in [0.1, 0.15) is 26.2 Å². The minimum absolute atomic E-state index is 0.419. The highest BCUT2D eigenvalue weighted by molar-refractivity contribution is 5.83. The van der Waals surface area contributed by atoms with Crippen LogP contribution in [0.4, 0.5) is 0 Å². The molecule has 0 amide bonds. The second-order valence-corrected chi connectivity index (χ2v) is 3.23. The van der Waals surface area contributed by atoms with Crippen molar-refractivity contribution in [3.8, 4) is 0 Å². The van der Waals surface area contributed by atoms with E-state index in [-0.39, 0.29) is 0 Å². The lowest BCUT2D eigenvalue weighted by Gasteiger charge is -1.83. The average Bonchev–Trinajstić information content (AvgIpc) is 2.50. The molecule has 0 saturated heterocycles. The molecule has 2 rings (SSSR count). The molecule has 8 heavy (non-hydrogen) atoms. The lowest BCUT2D eigenvalue weighted by Crippen LogP contribution is -1.93. The zero-order valence-corrected chi connectivity index (χ0v) is 5.11. The van der Waals surface area contributed by atoms with Gasteiger partial charge in [-0.05, 0) is 31.6 Å². The van der Waals surface area contributed by atoms with Gasteiger partial charge in [0.1, 0.15) is 5.78 Å². The summed E-state index contributed by atoms with van der Waals surface area (Å²) in [5.41, 5.74) is 0.589. The van der Waals surface area contributed by atoms with E-state index < -0.39 is 0 Å². The standard InChI is InChI=1S/C7H10O/c1-5(8)6-4-7(6)2-3-7/h6H,2-4H2,1H3/t6-/m1/s1. The summed E-state index contributed by atoms with van der Waals surface area (Å²) in [6, 6.07) is 0. The monoisotopic (exact) mass is 110 g/mol. The Bertz CT molecular complexity index is 144. The first-order valence-corrected chi connectivity index (χ1v) is 3.25. The molecule has 0 aliphatic heterocycles. The molecule has 0 aromatic heterocycles. The van der Waals surface area contributed by atoms with E-state index in [1.807, 2.05) is 0 Å². The third kappa shape index (κ3) is 0.396. The molecule has 2 saturated carbocycles. The second kappa shape index (κ2) is 0.996. The molecule has 0 aromatic carbocycles. The SMILES string of the molecule is CC(=O)[C@H]1CC12CC2. The Kier molecular flexibility index (Phi) is 0.565. The predicted octanol–water partition coefficient (Wildman–Crippen LogP) is 1.38. The van der Waals surface area contributed by atoms with Gasteiger partial charge in [-0.25, -0.2) is 0 Å². The molecule has 0 aromatic rings. The molecule has 0 heterocycles. The molecule has 2 aliphatic rings. The first-order valence-electron chi connectivity index (χ1n) is 3.25. The fraction of sp³-hybridized carbons (Fsp3) is 0.857. The lowest BCUT2D eigenvalue weighted by atomic mass is 10.2. The molecule has 2 aliphatic carbocycles. The number of carbonyl (C=O) groups excluding carboxylic acids is 1. The minimum atomic E-state index is 0.419. The Morgan fingerprint density at radius 2 is 2.25 bits per heavy atom. The maximum Gasteiger partial charge on any atom is 0.133 e. The van der Waals surface area contributed by atoms with Crippen molar-refractivity contribution in [1.29, 1.82) is 0 Å². The fourth-order valence-electron chi connectivity index (χ4n) is 1.64. The summed E-state index contributed by atoms with van der Waals surface area (Å²) in [5.74, 6) is 0.907. The molecule has 0 bridgehead atoms. The molecule has 1 heteroatoms. The molecule has 1 nitrogen and oxygen atoms in total. The molecular weight excluding hydrogens is 100 g/mol. The maximum absolute atomic E-state index is 10.7. The molecule has 0 N–H and O–H groups in total. The Balaban J connectivity index is 2.06. The van der Waals surface area contributed by atoms with Crippen LogP contribution in [0.2, 0.25) is 0 Å². The number of Topliss-reactive ketones (excluding diaryl/α,β-unsaturated/α-hetero) is 1. The third-order valence-electron chi connectivity index (χ3n) is 2.57. The molecule has 0 radical (unpaired) electrons. The van der Waals surface area contributed by atoms with E-state index in [1.165, 1.54) is 19.3 Å². The molecule has 2 fully saturated rings. The smallest absolute Gasteiger partial charge is 0.133 e. The maximum atomic E-state index is 10.7. The fourth-order valence-corrected chi connectivity index (χ4v) is 1.64. The van der Waals surface area contributed by atoms with E-state index in [1.54, 1.807) is 6.92 Å². The van der Waals surface area contributed by atoms with E-state index in [2.05, 4.69) is 0 Å². The van der Waals surface area contributed by atoms with Crippen molar-refractivity contribution in [3.63, 3.8) is 0 Å². The van der Waals surface area contributed by atoms with Gasteiger partial charge >= 0.3 is 0 Å². The number of carbonyl (C=O) groups is 1. The molecule has 1 spiro atoms. The van der Waals surface area contributed by atoms with Gasteiger partial charge in [-0.3, -0.25) is 4.79 Å². The predicted molar refractivity (Wildman–Crippen MR) is 30.5 cm³/mol. The van der Waals surface area contributed by atoms with Gasteiger partial charge in [0.05, 0.1) is 0 Å². The van der Waals surface area contributed by atoms with E-state index in [9.17, 15) is 4.79 Å². The van der Waals surface area contributed by atoms with Crippen LogP contribution in [0.15, 0.2) is 0 Å². The summed E-state index contributed by atoms with van der Waals surface area (Å²) in [5, 5.41) is 0. The zero-order chi connectivity index (χ0) is 5.78. The first-order chi connectivity index (χ1) is 3.75. The largest absolute Gasteiger partial charge is 0.300 e. The topological polar surface area (TPSA) is 17.1 Å². The van der Waals surface area contributed by atoms with Crippen LogP contribution in [0.3, 0.4) is 0 Å². The summed E-state index contributed by atoms with van der Waals surface area (Å²) >= 11 is 0. The van der Waals surface area contributed by atoms with E-state index in [0.717, 1.165) is 0 Å². The van der Waals surface area contributed by atoms with Gasteiger partial charge in [-0.1, -0.05) is 0 Å². The van der Waals surface area contributed by atoms with Crippen LogP contribution in [0.25, 0.3) is 0 Å². The second-order valence-electron chi connectivity index (χ2n) is 3.23. The summed E-state index contributed by atoms with van der Waals surface area (Å²) in [7, 11) is 0. The highest BCUT2D eigenvalue weighted by atomic mass is 16.1. The highest BCUT2D eigenvalue weighted by Gasteiger charge is 2.64.